The molecule has 0 amide bonds. The molecule has 5 nitrogen and oxygen atoms in total. The highest BCUT2D eigenvalue weighted by atomic mass is 16.5. The minimum atomic E-state index is 0.258. The number of nitrogens with one attached hydrogen (secondary N) is 1. The summed E-state index contributed by atoms with van der Waals surface area (Å²) in [6.45, 7) is 7.04. The van der Waals surface area contributed by atoms with E-state index in [0.29, 0.717) is 5.88 Å². The van der Waals surface area contributed by atoms with Crippen molar-refractivity contribution in [3.05, 3.63) is 36.2 Å². The number of rotatable bonds is 6. The first-order valence-corrected chi connectivity index (χ1v) is 7.06. The van der Waals surface area contributed by atoms with Gasteiger partial charge in [0.2, 0.25) is 5.88 Å². The molecule has 1 aromatic carbocycles. The van der Waals surface area contributed by atoms with Gasteiger partial charge in [-0.15, -0.1) is 0 Å². The average Bonchev–Trinajstić information content (AvgIpc) is 2.48. The van der Waals surface area contributed by atoms with Crippen molar-refractivity contribution in [3.63, 3.8) is 0 Å². The van der Waals surface area contributed by atoms with Crippen LogP contribution in [0.2, 0.25) is 0 Å². The van der Waals surface area contributed by atoms with E-state index in [1.807, 2.05) is 31.2 Å². The summed E-state index contributed by atoms with van der Waals surface area (Å²) in [5.74, 6) is 3.18. The van der Waals surface area contributed by atoms with E-state index in [1.165, 1.54) is 6.33 Å². The zero-order valence-electron chi connectivity index (χ0n) is 12.9. The van der Waals surface area contributed by atoms with Crippen LogP contribution < -0.4 is 14.8 Å². The molecule has 1 heterocycles. The Balaban J connectivity index is 2.31. The number of ether oxygens (including phenoxy) is 2. The molecule has 0 fully saturated rings. The summed E-state index contributed by atoms with van der Waals surface area (Å²) in [4.78, 5) is 8.57. The predicted molar refractivity (Wildman–Crippen MR) is 83.4 cm³/mol. The molecule has 2 rings (SSSR count). The van der Waals surface area contributed by atoms with Gasteiger partial charge in [-0.2, -0.15) is 0 Å². The van der Waals surface area contributed by atoms with Gasteiger partial charge in [-0.3, -0.25) is 0 Å². The fourth-order valence-corrected chi connectivity index (χ4v) is 2.04. The SMILES string of the molecule is CCNc1ncnc(Oc2ccc(OC)cc2)c1C(C)C. The first-order chi connectivity index (χ1) is 10.2. The van der Waals surface area contributed by atoms with Gasteiger partial charge in [0.1, 0.15) is 23.6 Å². The van der Waals surface area contributed by atoms with E-state index in [-0.39, 0.29) is 5.92 Å². The molecule has 0 saturated carbocycles. The second-order valence-corrected chi connectivity index (χ2v) is 4.90. The first-order valence-electron chi connectivity index (χ1n) is 7.06. The summed E-state index contributed by atoms with van der Waals surface area (Å²) in [5, 5.41) is 3.25. The molecular weight excluding hydrogens is 266 g/mol. The van der Waals surface area contributed by atoms with Crippen molar-refractivity contribution < 1.29 is 9.47 Å². The fraction of sp³-hybridized carbons (Fsp3) is 0.375. The molecule has 1 aromatic heterocycles. The third-order valence-electron chi connectivity index (χ3n) is 3.04. The maximum absolute atomic E-state index is 5.91. The van der Waals surface area contributed by atoms with Crippen molar-refractivity contribution in [2.24, 2.45) is 0 Å². The van der Waals surface area contributed by atoms with Gasteiger partial charge in [-0.25, -0.2) is 9.97 Å². The third kappa shape index (κ3) is 3.62. The van der Waals surface area contributed by atoms with Gasteiger partial charge in [-0.05, 0) is 37.1 Å². The second kappa shape index (κ2) is 6.92. The van der Waals surface area contributed by atoms with Crippen molar-refractivity contribution >= 4 is 5.82 Å². The second-order valence-electron chi connectivity index (χ2n) is 4.90. The number of hydrogen-bond acceptors (Lipinski definition) is 5. The third-order valence-corrected chi connectivity index (χ3v) is 3.04. The zero-order chi connectivity index (χ0) is 15.2. The Morgan fingerprint density at radius 1 is 1.10 bits per heavy atom. The molecule has 0 aliphatic heterocycles. The highest BCUT2D eigenvalue weighted by molar-refractivity contribution is 5.51. The summed E-state index contributed by atoms with van der Waals surface area (Å²) < 4.78 is 11.1. The van der Waals surface area contributed by atoms with Crippen LogP contribution in [0.3, 0.4) is 0 Å². The Labute approximate surface area is 125 Å². The molecule has 1 N–H and O–H groups in total. The van der Waals surface area contributed by atoms with Crippen molar-refractivity contribution in [1.82, 2.24) is 9.97 Å². The maximum Gasteiger partial charge on any atom is 0.227 e. The van der Waals surface area contributed by atoms with Crippen molar-refractivity contribution in [1.29, 1.82) is 0 Å². The molecule has 0 bridgehead atoms. The lowest BCUT2D eigenvalue weighted by molar-refractivity contribution is 0.411. The first kappa shape index (κ1) is 15.1. The van der Waals surface area contributed by atoms with Gasteiger partial charge >= 0.3 is 0 Å². The standard InChI is InChI=1S/C16H21N3O2/c1-5-17-15-14(11(2)3)16(19-10-18-15)21-13-8-6-12(20-4)7-9-13/h6-11H,5H2,1-4H3,(H,17,18,19). The largest absolute Gasteiger partial charge is 0.497 e. The van der Waals surface area contributed by atoms with E-state index in [0.717, 1.165) is 29.4 Å². The van der Waals surface area contributed by atoms with Gasteiger partial charge in [0.15, 0.2) is 0 Å². The van der Waals surface area contributed by atoms with Crippen LogP contribution in [0.25, 0.3) is 0 Å². The lowest BCUT2D eigenvalue weighted by Crippen LogP contribution is -2.07. The minimum Gasteiger partial charge on any atom is -0.497 e. The molecule has 5 heteroatoms. The summed E-state index contributed by atoms with van der Waals surface area (Å²) in [7, 11) is 1.64. The Hall–Kier alpha value is -2.30. The van der Waals surface area contributed by atoms with Crippen molar-refractivity contribution in [3.8, 4) is 17.4 Å². The molecule has 21 heavy (non-hydrogen) atoms. The van der Waals surface area contributed by atoms with Crippen LogP contribution in [0, 0.1) is 0 Å². The Morgan fingerprint density at radius 3 is 2.33 bits per heavy atom. The molecule has 0 atom stereocenters. The fourth-order valence-electron chi connectivity index (χ4n) is 2.04. The molecule has 0 aliphatic rings. The normalized spacial score (nSPS) is 10.5. The monoisotopic (exact) mass is 287 g/mol. The topological polar surface area (TPSA) is 56.3 Å². The minimum absolute atomic E-state index is 0.258. The summed E-state index contributed by atoms with van der Waals surface area (Å²) in [6, 6.07) is 7.43. The summed E-state index contributed by atoms with van der Waals surface area (Å²) in [5.41, 5.74) is 0.982. The maximum atomic E-state index is 5.91. The van der Waals surface area contributed by atoms with Crippen LogP contribution in [-0.2, 0) is 0 Å². The van der Waals surface area contributed by atoms with Crippen LogP contribution in [-0.4, -0.2) is 23.6 Å². The lowest BCUT2D eigenvalue weighted by atomic mass is 10.1. The Morgan fingerprint density at radius 2 is 1.76 bits per heavy atom. The molecule has 0 radical (unpaired) electrons. The molecule has 2 aromatic rings. The smallest absolute Gasteiger partial charge is 0.227 e. The zero-order valence-corrected chi connectivity index (χ0v) is 12.9. The lowest BCUT2D eigenvalue weighted by Gasteiger charge is -2.16. The highest BCUT2D eigenvalue weighted by Crippen LogP contribution is 2.33. The van der Waals surface area contributed by atoms with Crippen molar-refractivity contribution in [2.75, 3.05) is 19.0 Å². The van der Waals surface area contributed by atoms with E-state index in [1.54, 1.807) is 7.11 Å². The van der Waals surface area contributed by atoms with Gasteiger partial charge in [0, 0.05) is 6.54 Å². The molecule has 0 spiro atoms. The van der Waals surface area contributed by atoms with Gasteiger partial charge < -0.3 is 14.8 Å². The Bertz CT molecular complexity index is 583. The number of hydrogen-bond donors (Lipinski definition) is 1. The quantitative estimate of drug-likeness (QED) is 0.875. The van der Waals surface area contributed by atoms with Crippen LogP contribution in [0.4, 0.5) is 5.82 Å². The van der Waals surface area contributed by atoms with Crippen LogP contribution in [0.5, 0.6) is 17.4 Å². The van der Waals surface area contributed by atoms with Gasteiger partial charge in [0.25, 0.3) is 0 Å². The molecule has 112 valence electrons. The number of anilines is 1. The van der Waals surface area contributed by atoms with Gasteiger partial charge in [0.05, 0.1) is 12.7 Å². The van der Waals surface area contributed by atoms with Crippen LogP contribution >= 0.6 is 0 Å². The highest BCUT2D eigenvalue weighted by Gasteiger charge is 2.16. The molecular formula is C16H21N3O2. The predicted octanol–water partition coefficient (Wildman–Crippen LogP) is 3.83. The van der Waals surface area contributed by atoms with Crippen LogP contribution in [0.1, 0.15) is 32.3 Å². The number of benzene rings is 1. The average molecular weight is 287 g/mol. The number of methoxy groups -OCH3 is 1. The Kier molecular flexibility index (Phi) is 4.98. The van der Waals surface area contributed by atoms with Crippen LogP contribution in [0.15, 0.2) is 30.6 Å². The number of nitrogens with zero attached hydrogens (tertiary/aromatic N) is 2. The molecule has 0 aliphatic carbocycles. The molecule has 0 unspecified atom stereocenters. The molecule has 0 saturated heterocycles. The van der Waals surface area contributed by atoms with E-state index >= 15 is 0 Å². The van der Waals surface area contributed by atoms with Crippen molar-refractivity contribution in [2.45, 2.75) is 26.7 Å². The van der Waals surface area contributed by atoms with Gasteiger partial charge in [-0.1, -0.05) is 13.8 Å². The van der Waals surface area contributed by atoms with E-state index in [4.69, 9.17) is 9.47 Å². The number of aromatic nitrogens is 2. The van der Waals surface area contributed by atoms with E-state index in [2.05, 4.69) is 29.1 Å². The van der Waals surface area contributed by atoms with E-state index in [9.17, 15) is 0 Å². The van der Waals surface area contributed by atoms with E-state index < -0.39 is 0 Å². The summed E-state index contributed by atoms with van der Waals surface area (Å²) in [6.07, 6.45) is 1.52. The summed E-state index contributed by atoms with van der Waals surface area (Å²) >= 11 is 0.